The number of benzene rings is 1. The van der Waals surface area contributed by atoms with Crippen molar-refractivity contribution in [3.8, 4) is 0 Å². The zero-order valence-electron chi connectivity index (χ0n) is 8.48. The fourth-order valence-corrected chi connectivity index (χ4v) is 2.13. The van der Waals surface area contributed by atoms with Crippen LogP contribution < -0.4 is 5.32 Å². The van der Waals surface area contributed by atoms with E-state index in [1.54, 1.807) is 18.2 Å². The minimum atomic E-state index is -0.0651. The van der Waals surface area contributed by atoms with Gasteiger partial charge >= 0.3 is 0 Å². The van der Waals surface area contributed by atoms with Crippen LogP contribution in [0.5, 0.6) is 0 Å². The Morgan fingerprint density at radius 3 is 2.94 bits per heavy atom. The molecular weight excluding hydrogens is 281 g/mol. The van der Waals surface area contributed by atoms with Crippen molar-refractivity contribution in [2.45, 2.75) is 0 Å². The fraction of sp³-hybridized carbons (Fsp3) is 0.100. The summed E-state index contributed by atoms with van der Waals surface area (Å²) < 4.78 is 0. The third kappa shape index (κ3) is 3.21. The van der Waals surface area contributed by atoms with Gasteiger partial charge in [-0.1, -0.05) is 47.1 Å². The van der Waals surface area contributed by atoms with Gasteiger partial charge in [0.1, 0.15) is 0 Å². The van der Waals surface area contributed by atoms with E-state index in [4.69, 9.17) is 23.2 Å². The maximum atomic E-state index is 10.9. The largest absolute Gasteiger partial charge is 0.303 e. The molecule has 1 aromatic rings. The highest BCUT2D eigenvalue weighted by Gasteiger charge is 2.15. The number of hydrogen-bond donors (Lipinski definition) is 1. The van der Waals surface area contributed by atoms with Crippen molar-refractivity contribution in [1.29, 1.82) is 0 Å². The average molecular weight is 288 g/mol. The maximum Gasteiger partial charge on any atom is 0.236 e. The number of nitrogens with one attached hydrogen (secondary N) is 1. The van der Waals surface area contributed by atoms with Gasteiger partial charge in [-0.2, -0.15) is 5.10 Å². The topological polar surface area (TPSA) is 53.8 Å². The molecule has 7 heteroatoms. The lowest BCUT2D eigenvalue weighted by molar-refractivity contribution is -0.116. The second-order valence-corrected chi connectivity index (χ2v) is 4.88. The summed E-state index contributed by atoms with van der Waals surface area (Å²) in [6.45, 7) is 0. The van der Waals surface area contributed by atoms with Crippen molar-refractivity contribution in [1.82, 2.24) is 5.32 Å². The first kappa shape index (κ1) is 12.4. The molecule has 0 unspecified atom stereocenters. The lowest BCUT2D eigenvalue weighted by Gasteiger charge is -1.98. The van der Waals surface area contributed by atoms with Gasteiger partial charge in [0.25, 0.3) is 0 Å². The van der Waals surface area contributed by atoms with E-state index >= 15 is 0 Å². The van der Waals surface area contributed by atoms with Gasteiger partial charge in [0.05, 0.1) is 22.0 Å². The van der Waals surface area contributed by atoms with Crippen LogP contribution in [0.25, 0.3) is 0 Å². The standard InChI is InChI=1S/C10H7Cl2N3OS/c11-7-3-1-2-6(9(7)12)4-13-15-10-14-8(16)5-17-10/h1-4H,5H2,(H,14,15,16). The first-order valence-electron chi connectivity index (χ1n) is 4.64. The molecule has 0 saturated carbocycles. The van der Waals surface area contributed by atoms with Gasteiger partial charge in [0.15, 0.2) is 5.17 Å². The highest BCUT2D eigenvalue weighted by molar-refractivity contribution is 8.15. The van der Waals surface area contributed by atoms with E-state index in [1.165, 1.54) is 18.0 Å². The van der Waals surface area contributed by atoms with Crippen LogP contribution in [0.2, 0.25) is 10.0 Å². The van der Waals surface area contributed by atoms with Crippen LogP contribution in [0, 0.1) is 0 Å². The van der Waals surface area contributed by atoms with Gasteiger partial charge in [0.2, 0.25) is 5.91 Å². The van der Waals surface area contributed by atoms with Crippen LogP contribution in [-0.2, 0) is 4.79 Å². The second-order valence-electron chi connectivity index (χ2n) is 3.13. The predicted octanol–water partition coefficient (Wildman–Crippen LogP) is 2.55. The number of nitrogens with zero attached hydrogens (tertiary/aromatic N) is 2. The zero-order chi connectivity index (χ0) is 12.3. The molecule has 17 heavy (non-hydrogen) atoms. The van der Waals surface area contributed by atoms with Gasteiger partial charge in [-0.25, -0.2) is 0 Å². The SMILES string of the molecule is O=C1CSC(=NN=Cc2cccc(Cl)c2Cl)N1. The molecule has 0 bridgehead atoms. The number of carbonyl (C=O) groups is 1. The van der Waals surface area contributed by atoms with Crippen LogP contribution in [0.3, 0.4) is 0 Å². The summed E-state index contributed by atoms with van der Waals surface area (Å²) >= 11 is 13.1. The number of halogens is 2. The van der Waals surface area contributed by atoms with E-state index in [9.17, 15) is 4.79 Å². The summed E-state index contributed by atoms with van der Waals surface area (Å²) in [5.74, 6) is 0.316. The van der Waals surface area contributed by atoms with Gasteiger partial charge in [-0.3, -0.25) is 4.79 Å². The Bertz CT molecular complexity index is 516. The molecule has 2 rings (SSSR count). The molecule has 1 fully saturated rings. The molecule has 0 aromatic heterocycles. The van der Waals surface area contributed by atoms with Crippen LogP contribution in [0.4, 0.5) is 0 Å². The molecule has 1 N–H and O–H groups in total. The molecule has 4 nitrogen and oxygen atoms in total. The third-order valence-electron chi connectivity index (χ3n) is 1.91. The van der Waals surface area contributed by atoms with Gasteiger partial charge in [-0.15, -0.1) is 5.10 Å². The van der Waals surface area contributed by atoms with Gasteiger partial charge < -0.3 is 5.32 Å². The van der Waals surface area contributed by atoms with E-state index < -0.39 is 0 Å². The summed E-state index contributed by atoms with van der Waals surface area (Å²) in [6, 6.07) is 5.24. The number of thioether (sulfide) groups is 1. The predicted molar refractivity (Wildman–Crippen MR) is 72.1 cm³/mol. The molecule has 0 aliphatic carbocycles. The molecule has 0 spiro atoms. The average Bonchev–Trinajstić information content (AvgIpc) is 2.70. The quantitative estimate of drug-likeness (QED) is 0.671. The Morgan fingerprint density at radius 1 is 1.41 bits per heavy atom. The molecule has 0 atom stereocenters. The van der Waals surface area contributed by atoms with Crippen LogP contribution in [-0.4, -0.2) is 23.0 Å². The van der Waals surface area contributed by atoms with Gasteiger partial charge in [-0.05, 0) is 6.07 Å². The number of hydrogen-bond acceptors (Lipinski definition) is 4. The molecule has 1 heterocycles. The maximum absolute atomic E-state index is 10.9. The van der Waals surface area contributed by atoms with Crippen molar-refractivity contribution in [3.63, 3.8) is 0 Å². The number of carbonyl (C=O) groups excluding carboxylic acids is 1. The van der Waals surface area contributed by atoms with Crippen molar-refractivity contribution in [3.05, 3.63) is 33.8 Å². The van der Waals surface area contributed by atoms with E-state index in [0.717, 1.165) is 0 Å². The second kappa shape index (κ2) is 5.53. The Kier molecular flexibility index (Phi) is 4.04. The van der Waals surface area contributed by atoms with Crippen molar-refractivity contribution >= 4 is 52.3 Å². The van der Waals surface area contributed by atoms with E-state index in [0.29, 0.717) is 26.5 Å². The Morgan fingerprint density at radius 2 is 2.24 bits per heavy atom. The molecular formula is C10H7Cl2N3OS. The Hall–Kier alpha value is -1.04. The molecule has 1 aromatic carbocycles. The zero-order valence-corrected chi connectivity index (χ0v) is 10.8. The minimum Gasteiger partial charge on any atom is -0.303 e. The molecule has 1 aliphatic heterocycles. The summed E-state index contributed by atoms with van der Waals surface area (Å²) in [4.78, 5) is 10.9. The molecule has 1 saturated heterocycles. The monoisotopic (exact) mass is 287 g/mol. The third-order valence-corrected chi connectivity index (χ3v) is 3.61. The first-order valence-corrected chi connectivity index (χ1v) is 6.38. The van der Waals surface area contributed by atoms with Crippen LogP contribution >= 0.6 is 35.0 Å². The van der Waals surface area contributed by atoms with Crippen molar-refractivity contribution in [2.75, 3.05) is 5.75 Å². The minimum absolute atomic E-state index is 0.0651. The van der Waals surface area contributed by atoms with Crippen LogP contribution in [0.1, 0.15) is 5.56 Å². The number of rotatable bonds is 2. The summed E-state index contributed by atoms with van der Waals surface area (Å²) in [7, 11) is 0. The lowest BCUT2D eigenvalue weighted by atomic mass is 10.2. The highest BCUT2D eigenvalue weighted by atomic mass is 35.5. The molecule has 1 aliphatic rings. The molecule has 88 valence electrons. The Labute approximate surface area is 112 Å². The number of amidine groups is 1. The highest BCUT2D eigenvalue weighted by Crippen LogP contribution is 2.24. The lowest BCUT2D eigenvalue weighted by Crippen LogP contribution is -2.19. The van der Waals surface area contributed by atoms with E-state index in [2.05, 4.69) is 15.5 Å². The fourth-order valence-electron chi connectivity index (χ4n) is 1.14. The van der Waals surface area contributed by atoms with Crippen LogP contribution in [0.15, 0.2) is 28.4 Å². The smallest absolute Gasteiger partial charge is 0.236 e. The summed E-state index contributed by atoms with van der Waals surface area (Å²) in [5.41, 5.74) is 0.679. The van der Waals surface area contributed by atoms with E-state index in [-0.39, 0.29) is 5.91 Å². The normalized spacial score (nSPS) is 18.0. The molecule has 0 radical (unpaired) electrons. The Balaban J connectivity index is 2.11. The van der Waals surface area contributed by atoms with Crippen molar-refractivity contribution < 1.29 is 4.79 Å². The van der Waals surface area contributed by atoms with Crippen molar-refractivity contribution in [2.24, 2.45) is 10.2 Å². The summed E-state index contributed by atoms with van der Waals surface area (Å²) in [6.07, 6.45) is 1.49. The van der Waals surface area contributed by atoms with E-state index in [1.807, 2.05) is 0 Å². The molecule has 1 amide bonds. The summed E-state index contributed by atoms with van der Waals surface area (Å²) in [5, 5.41) is 11.7. The number of amides is 1. The van der Waals surface area contributed by atoms with Gasteiger partial charge in [0, 0.05) is 5.56 Å². The first-order chi connectivity index (χ1) is 8.16.